The minimum Gasteiger partial charge on any atom is -0.392 e. The van der Waals surface area contributed by atoms with Crippen molar-refractivity contribution in [2.24, 2.45) is 0 Å². The molecule has 0 saturated carbocycles. The summed E-state index contributed by atoms with van der Waals surface area (Å²) in [6.45, 7) is 8.12. The lowest BCUT2D eigenvalue weighted by Crippen LogP contribution is -2.55. The third-order valence-electron chi connectivity index (χ3n) is 4.09. The van der Waals surface area contributed by atoms with Crippen LogP contribution in [0.1, 0.15) is 19.4 Å². The van der Waals surface area contributed by atoms with Gasteiger partial charge < -0.3 is 10.4 Å². The monoisotopic (exact) mass is 339 g/mol. The Morgan fingerprint density at radius 1 is 1.48 bits per heavy atom. The van der Waals surface area contributed by atoms with Gasteiger partial charge in [-0.1, -0.05) is 23.7 Å². The maximum atomic E-state index is 12.1. The van der Waals surface area contributed by atoms with Crippen molar-refractivity contribution in [3.63, 3.8) is 0 Å². The second-order valence-electron chi connectivity index (χ2n) is 6.33. The normalized spacial score (nSPS) is 21.1. The molecule has 0 radical (unpaired) electrons. The fraction of sp³-hybridized carbons (Fsp3) is 0.588. The van der Waals surface area contributed by atoms with Crippen LogP contribution in [0.3, 0.4) is 0 Å². The van der Waals surface area contributed by atoms with E-state index in [0.29, 0.717) is 30.7 Å². The molecule has 2 atom stereocenters. The molecule has 1 aliphatic rings. The number of aliphatic hydroxyl groups excluding tert-OH is 1. The summed E-state index contributed by atoms with van der Waals surface area (Å²) in [6, 6.07) is 7.86. The highest BCUT2D eigenvalue weighted by Gasteiger charge is 2.25. The van der Waals surface area contributed by atoms with Gasteiger partial charge in [0.2, 0.25) is 5.91 Å². The minimum absolute atomic E-state index is 0.0288. The van der Waals surface area contributed by atoms with Crippen LogP contribution in [0.25, 0.3) is 0 Å². The predicted molar refractivity (Wildman–Crippen MR) is 92.5 cm³/mol. The number of piperazine rings is 1. The van der Waals surface area contributed by atoms with E-state index in [-0.39, 0.29) is 12.0 Å². The highest BCUT2D eigenvalue weighted by atomic mass is 35.5. The number of rotatable bonds is 6. The van der Waals surface area contributed by atoms with Crippen LogP contribution in [0.2, 0.25) is 5.02 Å². The number of amides is 1. The van der Waals surface area contributed by atoms with Gasteiger partial charge in [0.05, 0.1) is 12.6 Å². The Hall–Kier alpha value is -1.14. The van der Waals surface area contributed by atoms with Crippen molar-refractivity contribution < 1.29 is 9.90 Å². The van der Waals surface area contributed by atoms with Crippen LogP contribution in [0, 0.1) is 0 Å². The topological polar surface area (TPSA) is 55.8 Å². The molecule has 1 aromatic rings. The van der Waals surface area contributed by atoms with Gasteiger partial charge in [0.1, 0.15) is 0 Å². The van der Waals surface area contributed by atoms with Gasteiger partial charge in [-0.15, -0.1) is 0 Å². The fourth-order valence-electron chi connectivity index (χ4n) is 2.93. The first-order valence-electron chi connectivity index (χ1n) is 8.09. The molecule has 0 bridgehead atoms. The van der Waals surface area contributed by atoms with Crippen LogP contribution < -0.4 is 5.32 Å². The zero-order chi connectivity index (χ0) is 16.8. The van der Waals surface area contributed by atoms with Crippen LogP contribution in [-0.4, -0.2) is 65.7 Å². The molecule has 0 aromatic heterocycles. The van der Waals surface area contributed by atoms with Crippen LogP contribution in [-0.2, 0) is 11.3 Å². The molecular weight excluding hydrogens is 314 g/mol. The molecule has 1 heterocycles. The van der Waals surface area contributed by atoms with Gasteiger partial charge in [-0.2, -0.15) is 0 Å². The first-order chi connectivity index (χ1) is 10.9. The van der Waals surface area contributed by atoms with Gasteiger partial charge in [-0.25, -0.2) is 0 Å². The summed E-state index contributed by atoms with van der Waals surface area (Å²) in [6.07, 6.45) is -0.315. The van der Waals surface area contributed by atoms with E-state index in [1.165, 1.54) is 0 Å². The summed E-state index contributed by atoms with van der Waals surface area (Å²) in [7, 11) is 0. The maximum Gasteiger partial charge on any atom is 0.234 e. The summed E-state index contributed by atoms with van der Waals surface area (Å²) < 4.78 is 0. The van der Waals surface area contributed by atoms with Gasteiger partial charge in [-0.05, 0) is 31.5 Å². The number of carbonyl (C=O) groups is 1. The fourth-order valence-corrected chi connectivity index (χ4v) is 3.14. The average molecular weight is 340 g/mol. The van der Waals surface area contributed by atoms with E-state index in [1.54, 1.807) is 0 Å². The summed E-state index contributed by atoms with van der Waals surface area (Å²) >= 11 is 5.94. The second kappa shape index (κ2) is 8.64. The molecule has 1 aromatic carbocycles. The number of nitrogens with one attached hydrogen (secondary N) is 1. The zero-order valence-corrected chi connectivity index (χ0v) is 14.6. The lowest BCUT2D eigenvalue weighted by Gasteiger charge is -2.40. The molecule has 1 fully saturated rings. The van der Waals surface area contributed by atoms with Crippen molar-refractivity contribution in [2.75, 3.05) is 32.7 Å². The molecule has 23 heavy (non-hydrogen) atoms. The standard InChI is InChI=1S/C17H26ClN3O2/c1-13-10-20(6-7-21(13)11-14(2)22)12-17(23)19-9-15-4-3-5-16(18)8-15/h3-5,8,13-14,22H,6-7,9-12H2,1-2H3,(H,19,23)/t13-,14+/m0/s1. The Morgan fingerprint density at radius 3 is 2.91 bits per heavy atom. The van der Waals surface area contributed by atoms with Gasteiger partial charge >= 0.3 is 0 Å². The van der Waals surface area contributed by atoms with Crippen molar-refractivity contribution in [1.82, 2.24) is 15.1 Å². The smallest absolute Gasteiger partial charge is 0.234 e. The molecule has 0 unspecified atom stereocenters. The predicted octanol–water partition coefficient (Wildman–Crippen LogP) is 1.34. The summed E-state index contributed by atoms with van der Waals surface area (Å²) in [5, 5.41) is 13.1. The molecule has 0 spiro atoms. The Balaban J connectivity index is 1.74. The van der Waals surface area contributed by atoms with E-state index in [1.807, 2.05) is 31.2 Å². The molecule has 6 heteroatoms. The molecule has 1 amide bonds. The molecule has 1 aliphatic heterocycles. The van der Waals surface area contributed by atoms with E-state index < -0.39 is 0 Å². The maximum absolute atomic E-state index is 12.1. The largest absolute Gasteiger partial charge is 0.392 e. The highest BCUT2D eigenvalue weighted by molar-refractivity contribution is 6.30. The summed E-state index contributed by atoms with van der Waals surface area (Å²) in [5.41, 5.74) is 1.00. The Bertz CT molecular complexity index is 524. The lowest BCUT2D eigenvalue weighted by atomic mass is 10.1. The third kappa shape index (κ3) is 6.11. The average Bonchev–Trinajstić information content (AvgIpc) is 2.48. The molecular formula is C17H26ClN3O2. The van der Waals surface area contributed by atoms with E-state index in [4.69, 9.17) is 11.6 Å². The second-order valence-corrected chi connectivity index (χ2v) is 6.77. The Labute approximate surface area is 143 Å². The Morgan fingerprint density at radius 2 is 2.26 bits per heavy atom. The first kappa shape index (κ1) is 18.2. The van der Waals surface area contributed by atoms with Gasteiger partial charge in [-0.3, -0.25) is 14.6 Å². The van der Waals surface area contributed by atoms with Crippen molar-refractivity contribution in [1.29, 1.82) is 0 Å². The number of hydrogen-bond acceptors (Lipinski definition) is 4. The van der Waals surface area contributed by atoms with E-state index in [9.17, 15) is 9.90 Å². The SMILES string of the molecule is C[C@@H](O)CN1CCN(CC(=O)NCc2cccc(Cl)c2)C[C@@H]1C. The number of hydrogen-bond donors (Lipinski definition) is 2. The number of β-amino-alcohol motifs (C(OH)–C–C–N with tert-alkyl or cyclic N) is 1. The number of aliphatic hydroxyl groups is 1. The van der Waals surface area contributed by atoms with Crippen LogP contribution in [0.4, 0.5) is 0 Å². The van der Waals surface area contributed by atoms with Gasteiger partial charge in [0.25, 0.3) is 0 Å². The Kier molecular flexibility index (Phi) is 6.84. The van der Waals surface area contributed by atoms with Crippen LogP contribution in [0.15, 0.2) is 24.3 Å². The van der Waals surface area contributed by atoms with Gasteiger partial charge in [0.15, 0.2) is 0 Å². The number of halogens is 1. The van der Waals surface area contributed by atoms with E-state index in [2.05, 4.69) is 22.0 Å². The molecule has 2 rings (SSSR count). The first-order valence-corrected chi connectivity index (χ1v) is 8.47. The minimum atomic E-state index is -0.315. The quantitative estimate of drug-likeness (QED) is 0.821. The van der Waals surface area contributed by atoms with Gasteiger partial charge in [0, 0.05) is 43.8 Å². The van der Waals surface area contributed by atoms with E-state index >= 15 is 0 Å². The van der Waals surface area contributed by atoms with Crippen molar-refractivity contribution in [3.8, 4) is 0 Å². The van der Waals surface area contributed by atoms with Crippen LogP contribution >= 0.6 is 11.6 Å². The third-order valence-corrected chi connectivity index (χ3v) is 4.33. The molecule has 5 nitrogen and oxygen atoms in total. The molecule has 0 aliphatic carbocycles. The van der Waals surface area contributed by atoms with Crippen molar-refractivity contribution in [3.05, 3.63) is 34.9 Å². The summed E-state index contributed by atoms with van der Waals surface area (Å²) in [4.78, 5) is 16.5. The number of carbonyl (C=O) groups excluding carboxylic acids is 1. The summed E-state index contributed by atoms with van der Waals surface area (Å²) in [5.74, 6) is 0.0288. The molecule has 128 valence electrons. The number of benzene rings is 1. The lowest BCUT2D eigenvalue weighted by molar-refractivity contribution is -0.123. The number of nitrogens with zero attached hydrogens (tertiary/aromatic N) is 2. The van der Waals surface area contributed by atoms with Crippen LogP contribution in [0.5, 0.6) is 0 Å². The molecule has 1 saturated heterocycles. The van der Waals surface area contributed by atoms with Crippen molar-refractivity contribution >= 4 is 17.5 Å². The highest BCUT2D eigenvalue weighted by Crippen LogP contribution is 2.11. The molecule has 2 N–H and O–H groups in total. The van der Waals surface area contributed by atoms with E-state index in [0.717, 1.165) is 25.2 Å². The van der Waals surface area contributed by atoms with Crippen molar-refractivity contribution in [2.45, 2.75) is 32.5 Å². The zero-order valence-electron chi connectivity index (χ0n) is 13.8.